The average molecular weight is 454 g/mol. The van der Waals surface area contributed by atoms with Crippen LogP contribution in [-0.4, -0.2) is 33.4 Å². The van der Waals surface area contributed by atoms with Crippen LogP contribution in [0.1, 0.15) is 20.8 Å². The van der Waals surface area contributed by atoms with Crippen LogP contribution in [0, 0.1) is 5.92 Å². The quantitative estimate of drug-likeness (QED) is 0.567. The van der Waals surface area contributed by atoms with Crippen molar-refractivity contribution in [3.63, 3.8) is 0 Å². The number of anilines is 2. The zero-order valence-corrected chi connectivity index (χ0v) is 18.6. The molecule has 0 aromatic heterocycles. The molecular formula is C20H24ClN3O5S. The van der Waals surface area contributed by atoms with Crippen LogP contribution in [0.5, 0.6) is 5.75 Å². The van der Waals surface area contributed by atoms with Crippen LogP contribution in [0.2, 0.25) is 5.02 Å². The summed E-state index contributed by atoms with van der Waals surface area (Å²) < 4.78 is 33.5. The van der Waals surface area contributed by atoms with Gasteiger partial charge in [0.15, 0.2) is 0 Å². The van der Waals surface area contributed by atoms with Gasteiger partial charge in [-0.25, -0.2) is 8.42 Å². The lowest BCUT2D eigenvalue weighted by Crippen LogP contribution is -2.46. The second kappa shape index (κ2) is 9.82. The van der Waals surface area contributed by atoms with Crippen molar-refractivity contribution >= 4 is 44.8 Å². The Balaban J connectivity index is 2.36. The minimum atomic E-state index is -4.07. The highest BCUT2D eigenvalue weighted by molar-refractivity contribution is 7.92. The van der Waals surface area contributed by atoms with Gasteiger partial charge in [-0.05, 0) is 36.2 Å². The molecule has 1 atom stereocenters. The summed E-state index contributed by atoms with van der Waals surface area (Å²) in [7, 11) is -2.73. The first-order valence-electron chi connectivity index (χ1n) is 9.08. The first-order valence-corrected chi connectivity index (χ1v) is 10.9. The third kappa shape index (κ3) is 5.87. The van der Waals surface area contributed by atoms with Gasteiger partial charge in [-0.3, -0.25) is 14.3 Å². The van der Waals surface area contributed by atoms with Crippen molar-refractivity contribution in [1.82, 2.24) is 5.32 Å². The van der Waals surface area contributed by atoms with E-state index in [4.69, 9.17) is 16.3 Å². The van der Waals surface area contributed by atoms with Gasteiger partial charge in [0.1, 0.15) is 16.7 Å². The summed E-state index contributed by atoms with van der Waals surface area (Å²) in [6, 6.07) is 9.85. The van der Waals surface area contributed by atoms with E-state index in [1.807, 2.05) is 0 Å². The fourth-order valence-corrected chi connectivity index (χ4v) is 4.20. The summed E-state index contributed by atoms with van der Waals surface area (Å²) in [6.45, 7) is 4.90. The van der Waals surface area contributed by atoms with E-state index in [0.29, 0.717) is 0 Å². The maximum atomic E-state index is 12.9. The van der Waals surface area contributed by atoms with E-state index < -0.39 is 22.0 Å². The van der Waals surface area contributed by atoms with Crippen LogP contribution in [0.4, 0.5) is 11.4 Å². The number of para-hydroxylation sites is 1. The van der Waals surface area contributed by atoms with E-state index in [1.54, 1.807) is 32.0 Å². The van der Waals surface area contributed by atoms with Gasteiger partial charge >= 0.3 is 0 Å². The standard InChI is InChI=1S/C20H24ClN3O5S/c1-12(2)19(22-13(3)25)20(26)23-14-9-10-17(29-4)18(11-14)30(27,28)24-16-8-6-5-7-15(16)21/h5-12,19,24H,1-4H3,(H,22,25)(H,23,26)/t19-/m0/s1. The van der Waals surface area contributed by atoms with E-state index in [1.165, 1.54) is 38.3 Å². The molecule has 3 N–H and O–H groups in total. The van der Waals surface area contributed by atoms with Crippen LogP contribution in [-0.2, 0) is 19.6 Å². The molecule has 2 aromatic carbocycles. The van der Waals surface area contributed by atoms with E-state index in [2.05, 4.69) is 15.4 Å². The molecule has 10 heteroatoms. The Hall–Kier alpha value is -2.78. The molecule has 0 bridgehead atoms. The molecule has 2 aromatic rings. The molecule has 2 amide bonds. The Kier molecular flexibility index (Phi) is 7.69. The Morgan fingerprint density at radius 1 is 1.10 bits per heavy atom. The first-order chi connectivity index (χ1) is 14.0. The molecule has 0 aliphatic heterocycles. The van der Waals surface area contributed by atoms with E-state index in [0.717, 1.165) is 0 Å². The van der Waals surface area contributed by atoms with Crippen molar-refractivity contribution in [2.24, 2.45) is 5.92 Å². The van der Waals surface area contributed by atoms with Gasteiger partial charge in [0.2, 0.25) is 11.8 Å². The van der Waals surface area contributed by atoms with Crippen LogP contribution in [0.3, 0.4) is 0 Å². The number of ether oxygens (including phenoxy) is 1. The molecule has 0 saturated heterocycles. The molecule has 0 aliphatic rings. The average Bonchev–Trinajstić information content (AvgIpc) is 2.67. The van der Waals surface area contributed by atoms with Gasteiger partial charge in [-0.2, -0.15) is 0 Å². The molecule has 8 nitrogen and oxygen atoms in total. The fraction of sp³-hybridized carbons (Fsp3) is 0.300. The smallest absolute Gasteiger partial charge is 0.265 e. The lowest BCUT2D eigenvalue weighted by Gasteiger charge is -2.21. The van der Waals surface area contributed by atoms with Crippen molar-refractivity contribution in [1.29, 1.82) is 0 Å². The van der Waals surface area contributed by atoms with Gasteiger partial charge in [-0.1, -0.05) is 37.6 Å². The first kappa shape index (κ1) is 23.5. The molecular weight excluding hydrogens is 430 g/mol. The second-order valence-electron chi connectivity index (χ2n) is 6.86. The third-order valence-electron chi connectivity index (χ3n) is 4.15. The number of sulfonamides is 1. The third-order valence-corrected chi connectivity index (χ3v) is 5.86. The molecule has 0 aliphatic carbocycles. The summed E-state index contributed by atoms with van der Waals surface area (Å²) in [5.41, 5.74) is 0.442. The summed E-state index contributed by atoms with van der Waals surface area (Å²) in [5, 5.41) is 5.46. The van der Waals surface area contributed by atoms with Crippen molar-refractivity contribution in [3.05, 3.63) is 47.5 Å². The number of carbonyl (C=O) groups excluding carboxylic acids is 2. The Labute approximate surface area is 181 Å². The maximum absolute atomic E-state index is 12.9. The number of hydrogen-bond acceptors (Lipinski definition) is 5. The van der Waals surface area contributed by atoms with Crippen LogP contribution in [0.25, 0.3) is 0 Å². The zero-order chi connectivity index (χ0) is 22.5. The summed E-state index contributed by atoms with van der Waals surface area (Å²) in [4.78, 5) is 23.8. The number of hydrogen-bond donors (Lipinski definition) is 3. The monoisotopic (exact) mass is 453 g/mol. The fourth-order valence-electron chi connectivity index (χ4n) is 2.68. The Morgan fingerprint density at radius 3 is 2.33 bits per heavy atom. The van der Waals surface area contributed by atoms with Gasteiger partial charge in [0, 0.05) is 12.6 Å². The van der Waals surface area contributed by atoms with Crippen molar-refractivity contribution in [2.75, 3.05) is 17.1 Å². The van der Waals surface area contributed by atoms with Crippen LogP contribution >= 0.6 is 11.6 Å². The molecule has 0 unspecified atom stereocenters. The van der Waals surface area contributed by atoms with Crippen LogP contribution < -0.4 is 20.1 Å². The van der Waals surface area contributed by atoms with Gasteiger partial charge in [0.05, 0.1) is 17.8 Å². The highest BCUT2D eigenvalue weighted by Gasteiger charge is 2.25. The maximum Gasteiger partial charge on any atom is 0.265 e. The van der Waals surface area contributed by atoms with E-state index >= 15 is 0 Å². The number of rotatable bonds is 8. The van der Waals surface area contributed by atoms with Gasteiger partial charge in [-0.15, -0.1) is 0 Å². The lowest BCUT2D eigenvalue weighted by atomic mass is 10.0. The number of nitrogens with one attached hydrogen (secondary N) is 3. The largest absolute Gasteiger partial charge is 0.495 e. The van der Waals surface area contributed by atoms with Crippen molar-refractivity contribution < 1.29 is 22.7 Å². The SMILES string of the molecule is COc1ccc(NC(=O)[C@@H](NC(C)=O)C(C)C)cc1S(=O)(=O)Nc1ccccc1Cl. The second-order valence-corrected chi connectivity index (χ2v) is 8.92. The predicted molar refractivity (Wildman–Crippen MR) is 116 cm³/mol. The zero-order valence-electron chi connectivity index (χ0n) is 17.0. The highest BCUT2D eigenvalue weighted by Crippen LogP contribution is 2.31. The lowest BCUT2D eigenvalue weighted by molar-refractivity contribution is -0.126. The molecule has 2 rings (SSSR count). The minimum Gasteiger partial charge on any atom is -0.495 e. The van der Waals surface area contributed by atoms with E-state index in [9.17, 15) is 18.0 Å². The molecule has 0 heterocycles. The molecule has 30 heavy (non-hydrogen) atoms. The normalized spacial score (nSPS) is 12.2. The van der Waals surface area contributed by atoms with E-state index in [-0.39, 0.29) is 38.9 Å². The minimum absolute atomic E-state index is 0.0924. The topological polar surface area (TPSA) is 114 Å². The molecule has 0 spiro atoms. The summed E-state index contributed by atoms with van der Waals surface area (Å²) in [5.74, 6) is -0.884. The van der Waals surface area contributed by atoms with Crippen molar-refractivity contribution in [3.8, 4) is 5.75 Å². The molecule has 162 valence electrons. The number of benzene rings is 2. The summed E-state index contributed by atoms with van der Waals surface area (Å²) >= 11 is 6.05. The molecule has 0 fully saturated rings. The number of carbonyl (C=O) groups is 2. The van der Waals surface area contributed by atoms with Crippen molar-refractivity contribution in [2.45, 2.75) is 31.7 Å². The number of amides is 2. The molecule has 0 saturated carbocycles. The number of halogens is 1. The number of methoxy groups -OCH3 is 1. The summed E-state index contributed by atoms with van der Waals surface area (Å²) in [6.07, 6.45) is 0. The Morgan fingerprint density at radius 2 is 1.77 bits per heavy atom. The van der Waals surface area contributed by atoms with Gasteiger partial charge in [0.25, 0.3) is 10.0 Å². The molecule has 0 radical (unpaired) electrons. The predicted octanol–water partition coefficient (Wildman–Crippen LogP) is 3.25. The van der Waals surface area contributed by atoms with Gasteiger partial charge < -0.3 is 15.4 Å². The highest BCUT2D eigenvalue weighted by atomic mass is 35.5. The van der Waals surface area contributed by atoms with Crippen LogP contribution in [0.15, 0.2) is 47.4 Å². The Bertz CT molecular complexity index is 1040.